The molecule has 1 unspecified atom stereocenters. The minimum Gasteiger partial charge on any atom is -0.297 e. The lowest BCUT2D eigenvalue weighted by Crippen LogP contribution is -2.49. The lowest BCUT2D eigenvalue weighted by Gasteiger charge is -2.38. The second kappa shape index (κ2) is 7.77. The van der Waals surface area contributed by atoms with Gasteiger partial charge < -0.3 is 0 Å². The van der Waals surface area contributed by atoms with Crippen LogP contribution in [0.25, 0.3) is 0 Å². The molecule has 1 aliphatic heterocycles. The van der Waals surface area contributed by atoms with Gasteiger partial charge in [0.15, 0.2) is 0 Å². The molecule has 2 aliphatic rings. The molecule has 1 saturated heterocycles. The van der Waals surface area contributed by atoms with Crippen LogP contribution in [0.4, 0.5) is 0 Å². The summed E-state index contributed by atoms with van der Waals surface area (Å²) in [7, 11) is 0. The van der Waals surface area contributed by atoms with Gasteiger partial charge in [-0.15, -0.1) is 0 Å². The highest BCUT2D eigenvalue weighted by atomic mass is 15.3. The molecular weight excluding hydrogens is 256 g/mol. The minimum atomic E-state index is 0.698. The molecule has 1 heterocycles. The molecule has 3 rings (SSSR count). The number of hydrogen-bond acceptors (Lipinski definition) is 2. The molecule has 114 valence electrons. The number of piperazine rings is 1. The fraction of sp³-hybridized carbons (Fsp3) is 0.579. The smallest absolute Gasteiger partial charge is 0.0279 e. The Hall–Kier alpha value is -1.12. The minimum absolute atomic E-state index is 0.698. The van der Waals surface area contributed by atoms with Crippen molar-refractivity contribution in [2.24, 2.45) is 0 Å². The van der Waals surface area contributed by atoms with Crippen molar-refractivity contribution in [3.05, 3.63) is 48.0 Å². The largest absolute Gasteiger partial charge is 0.297 e. The fourth-order valence-electron chi connectivity index (χ4n) is 3.54. The van der Waals surface area contributed by atoms with Gasteiger partial charge in [-0.05, 0) is 24.8 Å². The number of allylic oxidation sites excluding steroid dienone is 1. The monoisotopic (exact) mass is 284 g/mol. The Morgan fingerprint density at radius 3 is 2.52 bits per heavy atom. The van der Waals surface area contributed by atoms with E-state index in [0.29, 0.717) is 6.04 Å². The van der Waals surface area contributed by atoms with Crippen LogP contribution < -0.4 is 0 Å². The van der Waals surface area contributed by atoms with Crippen LogP contribution in [0.3, 0.4) is 0 Å². The standard InChI is InChI=1S/C19H28N2/c1-2-7-11-19(12-8-3-1)21-15-13-20(14-16-21)17-18-9-5-4-6-10-18/h4-7,9-11,19H,1-3,8,12-17H2/b11-7-. The predicted octanol–water partition coefficient (Wildman–Crippen LogP) is 3.69. The van der Waals surface area contributed by atoms with Crippen LogP contribution in [0.2, 0.25) is 0 Å². The Morgan fingerprint density at radius 2 is 1.71 bits per heavy atom. The van der Waals surface area contributed by atoms with Crippen LogP contribution in [0.1, 0.15) is 37.7 Å². The highest BCUT2D eigenvalue weighted by Crippen LogP contribution is 2.18. The maximum absolute atomic E-state index is 2.70. The summed E-state index contributed by atoms with van der Waals surface area (Å²) in [4.78, 5) is 5.29. The van der Waals surface area contributed by atoms with E-state index in [4.69, 9.17) is 0 Å². The normalized spacial score (nSPS) is 27.0. The molecule has 1 atom stereocenters. The first-order valence-electron chi connectivity index (χ1n) is 8.59. The van der Waals surface area contributed by atoms with E-state index in [9.17, 15) is 0 Å². The topological polar surface area (TPSA) is 6.48 Å². The van der Waals surface area contributed by atoms with Crippen LogP contribution >= 0.6 is 0 Å². The third-order valence-electron chi connectivity index (χ3n) is 4.85. The first kappa shape index (κ1) is 14.8. The lowest BCUT2D eigenvalue weighted by molar-refractivity contribution is 0.103. The second-order valence-electron chi connectivity index (χ2n) is 6.43. The highest BCUT2D eigenvalue weighted by molar-refractivity contribution is 5.14. The molecule has 0 aromatic heterocycles. The van der Waals surface area contributed by atoms with Gasteiger partial charge in [0.25, 0.3) is 0 Å². The third kappa shape index (κ3) is 4.42. The lowest BCUT2D eigenvalue weighted by atomic mass is 10.0. The van der Waals surface area contributed by atoms with Crippen LogP contribution in [0.15, 0.2) is 42.5 Å². The Labute approximate surface area is 129 Å². The van der Waals surface area contributed by atoms with Crippen molar-refractivity contribution in [2.45, 2.75) is 44.7 Å². The van der Waals surface area contributed by atoms with Gasteiger partial charge in [-0.25, -0.2) is 0 Å². The summed E-state index contributed by atoms with van der Waals surface area (Å²) in [6.07, 6.45) is 11.7. The first-order valence-corrected chi connectivity index (χ1v) is 8.59. The fourth-order valence-corrected chi connectivity index (χ4v) is 3.54. The highest BCUT2D eigenvalue weighted by Gasteiger charge is 2.22. The van der Waals surface area contributed by atoms with E-state index in [-0.39, 0.29) is 0 Å². The summed E-state index contributed by atoms with van der Waals surface area (Å²) in [5, 5.41) is 0. The zero-order valence-corrected chi connectivity index (χ0v) is 13.1. The van der Waals surface area contributed by atoms with E-state index in [0.717, 1.165) is 6.54 Å². The molecule has 1 aromatic carbocycles. The van der Waals surface area contributed by atoms with Gasteiger partial charge in [0, 0.05) is 38.8 Å². The van der Waals surface area contributed by atoms with Crippen molar-refractivity contribution in [3.63, 3.8) is 0 Å². The van der Waals surface area contributed by atoms with Crippen molar-refractivity contribution in [1.29, 1.82) is 0 Å². The molecule has 21 heavy (non-hydrogen) atoms. The van der Waals surface area contributed by atoms with Crippen molar-refractivity contribution in [1.82, 2.24) is 9.80 Å². The number of nitrogens with zero attached hydrogens (tertiary/aromatic N) is 2. The summed E-state index contributed by atoms with van der Waals surface area (Å²) >= 11 is 0. The number of hydrogen-bond donors (Lipinski definition) is 0. The second-order valence-corrected chi connectivity index (χ2v) is 6.43. The average molecular weight is 284 g/mol. The Kier molecular flexibility index (Phi) is 5.47. The molecule has 0 radical (unpaired) electrons. The molecule has 0 N–H and O–H groups in total. The molecule has 2 heteroatoms. The molecule has 1 fully saturated rings. The van der Waals surface area contributed by atoms with Crippen LogP contribution in [0.5, 0.6) is 0 Å². The maximum atomic E-state index is 2.70. The SMILES string of the molecule is C1=C\C(N2CCN(Cc3ccccc3)CC2)CCCCC/1. The molecule has 0 amide bonds. The number of rotatable bonds is 3. The van der Waals surface area contributed by atoms with Gasteiger partial charge in [-0.2, -0.15) is 0 Å². The zero-order chi connectivity index (χ0) is 14.3. The van der Waals surface area contributed by atoms with Crippen LogP contribution in [-0.4, -0.2) is 42.0 Å². The number of benzene rings is 1. The summed E-state index contributed by atoms with van der Waals surface area (Å²) in [5.41, 5.74) is 1.44. The van der Waals surface area contributed by atoms with E-state index in [2.05, 4.69) is 52.3 Å². The van der Waals surface area contributed by atoms with Crippen molar-refractivity contribution in [3.8, 4) is 0 Å². The van der Waals surface area contributed by atoms with Crippen molar-refractivity contribution >= 4 is 0 Å². The molecule has 2 nitrogen and oxygen atoms in total. The van der Waals surface area contributed by atoms with E-state index in [1.54, 1.807) is 0 Å². The summed E-state index contributed by atoms with van der Waals surface area (Å²) in [5.74, 6) is 0. The van der Waals surface area contributed by atoms with E-state index in [1.165, 1.54) is 63.8 Å². The van der Waals surface area contributed by atoms with Crippen molar-refractivity contribution < 1.29 is 0 Å². The van der Waals surface area contributed by atoms with Crippen LogP contribution in [0, 0.1) is 0 Å². The molecule has 1 aliphatic carbocycles. The van der Waals surface area contributed by atoms with Gasteiger partial charge >= 0.3 is 0 Å². The van der Waals surface area contributed by atoms with Crippen molar-refractivity contribution in [2.75, 3.05) is 26.2 Å². The van der Waals surface area contributed by atoms with Gasteiger partial charge in [0.05, 0.1) is 0 Å². The third-order valence-corrected chi connectivity index (χ3v) is 4.85. The maximum Gasteiger partial charge on any atom is 0.0279 e. The Morgan fingerprint density at radius 1 is 0.905 bits per heavy atom. The van der Waals surface area contributed by atoms with Gasteiger partial charge in [0.2, 0.25) is 0 Å². The van der Waals surface area contributed by atoms with E-state index < -0.39 is 0 Å². The van der Waals surface area contributed by atoms with Gasteiger partial charge in [-0.1, -0.05) is 55.3 Å². The quantitative estimate of drug-likeness (QED) is 0.781. The van der Waals surface area contributed by atoms with Crippen LogP contribution in [-0.2, 0) is 6.54 Å². The molecule has 0 bridgehead atoms. The summed E-state index contributed by atoms with van der Waals surface area (Å²) in [6, 6.07) is 11.6. The van der Waals surface area contributed by atoms with E-state index >= 15 is 0 Å². The average Bonchev–Trinajstić information content (AvgIpc) is 2.49. The first-order chi connectivity index (χ1) is 10.4. The summed E-state index contributed by atoms with van der Waals surface area (Å²) < 4.78 is 0. The molecular formula is C19H28N2. The molecule has 0 saturated carbocycles. The zero-order valence-electron chi connectivity index (χ0n) is 13.1. The Balaban J connectivity index is 1.49. The summed E-state index contributed by atoms with van der Waals surface area (Å²) in [6.45, 7) is 5.97. The predicted molar refractivity (Wildman–Crippen MR) is 89.3 cm³/mol. The molecule has 1 aromatic rings. The van der Waals surface area contributed by atoms with E-state index in [1.807, 2.05) is 0 Å². The Bertz CT molecular complexity index is 432. The van der Waals surface area contributed by atoms with Gasteiger partial charge in [-0.3, -0.25) is 9.80 Å². The molecule has 0 spiro atoms. The van der Waals surface area contributed by atoms with Gasteiger partial charge in [0.1, 0.15) is 0 Å².